The van der Waals surface area contributed by atoms with Gasteiger partial charge in [0.1, 0.15) is 0 Å². The Hall–Kier alpha value is -1.15. The predicted octanol–water partition coefficient (Wildman–Crippen LogP) is 1.85. The Morgan fingerprint density at radius 2 is 2.10 bits per heavy atom. The third kappa shape index (κ3) is 5.62. The molecule has 0 bridgehead atoms. The van der Waals surface area contributed by atoms with Crippen molar-refractivity contribution in [3.8, 4) is 0 Å². The van der Waals surface area contributed by atoms with Gasteiger partial charge in [-0.15, -0.1) is 5.10 Å². The minimum absolute atomic E-state index is 0.702. The van der Waals surface area contributed by atoms with Gasteiger partial charge in [-0.05, 0) is 28.1 Å². The molecule has 0 aliphatic heterocycles. The van der Waals surface area contributed by atoms with Gasteiger partial charge in [-0.1, -0.05) is 35.5 Å². The molecule has 2 aromatic rings. The monoisotopic (exact) mass is 327 g/mol. The number of methoxy groups -OCH3 is 1. The highest BCUT2D eigenvalue weighted by Crippen LogP contribution is 2.20. The summed E-state index contributed by atoms with van der Waals surface area (Å²) in [7, 11) is 1.69. The van der Waals surface area contributed by atoms with E-state index in [4.69, 9.17) is 16.3 Å². The second-order valence-electron chi connectivity index (χ2n) is 4.34. The number of ether oxygens (including phenoxy) is 1. The van der Waals surface area contributed by atoms with E-state index in [1.807, 2.05) is 24.3 Å². The zero-order chi connectivity index (χ0) is 14.9. The lowest BCUT2D eigenvalue weighted by molar-refractivity contribution is 0.199. The minimum Gasteiger partial charge on any atom is -0.383 e. The summed E-state index contributed by atoms with van der Waals surface area (Å²) in [6.07, 6.45) is 0. The van der Waals surface area contributed by atoms with Crippen molar-refractivity contribution < 1.29 is 4.74 Å². The molecular weight excluding hydrogens is 310 g/mol. The molecule has 1 heterocycles. The van der Waals surface area contributed by atoms with Crippen LogP contribution >= 0.6 is 23.4 Å². The zero-order valence-corrected chi connectivity index (χ0v) is 13.4. The first kappa shape index (κ1) is 16.2. The van der Waals surface area contributed by atoms with E-state index in [9.17, 15) is 0 Å². The lowest BCUT2D eigenvalue weighted by Crippen LogP contribution is -2.24. The molecule has 2 rings (SSSR count). The number of benzene rings is 1. The van der Waals surface area contributed by atoms with Gasteiger partial charge in [0, 0.05) is 31.0 Å². The van der Waals surface area contributed by atoms with Crippen molar-refractivity contribution in [2.75, 3.05) is 26.8 Å². The zero-order valence-electron chi connectivity index (χ0n) is 11.8. The van der Waals surface area contributed by atoms with Crippen molar-refractivity contribution in [2.45, 2.75) is 17.5 Å². The lowest BCUT2D eigenvalue weighted by atomic mass is 10.2. The fourth-order valence-corrected chi connectivity index (χ4v) is 2.64. The Morgan fingerprint density at radius 1 is 1.29 bits per heavy atom. The summed E-state index contributed by atoms with van der Waals surface area (Å²) in [6, 6.07) is 7.80. The fourth-order valence-electron chi connectivity index (χ4n) is 1.65. The Bertz CT molecular complexity index is 534. The number of nitrogens with one attached hydrogen (secondary N) is 1. The maximum Gasteiger partial charge on any atom is 0.209 e. The predicted molar refractivity (Wildman–Crippen MR) is 83.6 cm³/mol. The lowest BCUT2D eigenvalue weighted by Gasteiger charge is -2.06. The Balaban J connectivity index is 1.78. The molecule has 6 nitrogen and oxygen atoms in total. The highest BCUT2D eigenvalue weighted by molar-refractivity contribution is 7.98. The first-order chi connectivity index (χ1) is 10.3. The molecular formula is C13H18ClN5OS. The molecule has 0 aliphatic carbocycles. The second-order valence-corrected chi connectivity index (χ2v) is 5.72. The first-order valence-corrected chi connectivity index (χ1v) is 7.99. The molecule has 0 spiro atoms. The van der Waals surface area contributed by atoms with E-state index in [1.165, 1.54) is 5.56 Å². The van der Waals surface area contributed by atoms with E-state index in [2.05, 4.69) is 20.8 Å². The molecule has 1 aromatic heterocycles. The van der Waals surface area contributed by atoms with Crippen LogP contribution in [-0.4, -0.2) is 47.0 Å². The topological polar surface area (TPSA) is 64.9 Å². The van der Waals surface area contributed by atoms with Crippen molar-refractivity contribution in [2.24, 2.45) is 0 Å². The standard InChI is InChI=1S/C13H18ClN5OS/c1-20-9-7-15-6-8-19-13(16-17-18-19)21-10-11-2-4-12(14)5-3-11/h2-5,15H,6-10H2,1H3. The highest BCUT2D eigenvalue weighted by Gasteiger charge is 2.06. The molecule has 0 atom stereocenters. The minimum atomic E-state index is 0.702. The van der Waals surface area contributed by atoms with Crippen LogP contribution in [0.25, 0.3) is 0 Å². The summed E-state index contributed by atoms with van der Waals surface area (Å²) in [6.45, 7) is 3.07. The van der Waals surface area contributed by atoms with E-state index < -0.39 is 0 Å². The largest absolute Gasteiger partial charge is 0.383 e. The van der Waals surface area contributed by atoms with Crippen LogP contribution in [-0.2, 0) is 17.0 Å². The first-order valence-electron chi connectivity index (χ1n) is 6.62. The van der Waals surface area contributed by atoms with Gasteiger partial charge in [-0.25, -0.2) is 4.68 Å². The van der Waals surface area contributed by atoms with Gasteiger partial charge in [0.15, 0.2) is 0 Å². The summed E-state index contributed by atoms with van der Waals surface area (Å²) < 4.78 is 6.78. The van der Waals surface area contributed by atoms with E-state index >= 15 is 0 Å². The molecule has 0 amide bonds. The van der Waals surface area contributed by atoms with Crippen LogP contribution in [0.1, 0.15) is 5.56 Å². The van der Waals surface area contributed by atoms with Crippen LogP contribution in [0, 0.1) is 0 Å². The highest BCUT2D eigenvalue weighted by atomic mass is 35.5. The summed E-state index contributed by atoms with van der Waals surface area (Å²) in [5, 5.41) is 16.6. The Kier molecular flexibility index (Phi) is 6.94. The van der Waals surface area contributed by atoms with Gasteiger partial charge in [-0.2, -0.15) is 0 Å². The average Bonchev–Trinajstić information content (AvgIpc) is 2.94. The summed E-state index contributed by atoms with van der Waals surface area (Å²) in [5.41, 5.74) is 1.19. The molecule has 0 saturated heterocycles. The van der Waals surface area contributed by atoms with E-state index in [-0.39, 0.29) is 0 Å². The number of thioether (sulfide) groups is 1. The Morgan fingerprint density at radius 3 is 2.86 bits per heavy atom. The third-order valence-corrected chi connectivity index (χ3v) is 4.04. The van der Waals surface area contributed by atoms with Gasteiger partial charge in [-0.3, -0.25) is 0 Å². The molecule has 114 valence electrons. The van der Waals surface area contributed by atoms with Crippen molar-refractivity contribution in [3.63, 3.8) is 0 Å². The maximum atomic E-state index is 5.87. The molecule has 0 saturated carbocycles. The number of nitrogens with zero attached hydrogens (tertiary/aromatic N) is 4. The van der Waals surface area contributed by atoms with E-state index in [1.54, 1.807) is 23.6 Å². The molecule has 0 unspecified atom stereocenters. The molecule has 1 N–H and O–H groups in total. The van der Waals surface area contributed by atoms with Crippen LogP contribution in [0.15, 0.2) is 29.4 Å². The average molecular weight is 328 g/mol. The van der Waals surface area contributed by atoms with Gasteiger partial charge in [0.05, 0.1) is 13.2 Å². The number of hydrogen-bond acceptors (Lipinski definition) is 6. The Labute approximate surface area is 133 Å². The quantitative estimate of drug-likeness (QED) is 0.560. The summed E-state index contributed by atoms with van der Waals surface area (Å²) >= 11 is 7.48. The fraction of sp³-hybridized carbons (Fsp3) is 0.462. The van der Waals surface area contributed by atoms with Gasteiger partial charge < -0.3 is 10.1 Å². The van der Waals surface area contributed by atoms with Crippen LogP contribution < -0.4 is 5.32 Å². The second kappa shape index (κ2) is 8.99. The molecule has 8 heteroatoms. The molecule has 0 aliphatic rings. The smallest absolute Gasteiger partial charge is 0.209 e. The van der Waals surface area contributed by atoms with Gasteiger partial charge >= 0.3 is 0 Å². The van der Waals surface area contributed by atoms with Crippen molar-refractivity contribution in [3.05, 3.63) is 34.9 Å². The number of aromatic nitrogens is 4. The van der Waals surface area contributed by atoms with Crippen LogP contribution in [0.3, 0.4) is 0 Å². The van der Waals surface area contributed by atoms with E-state index in [0.717, 1.165) is 35.6 Å². The van der Waals surface area contributed by atoms with Gasteiger partial charge in [0.2, 0.25) is 5.16 Å². The number of tetrazole rings is 1. The van der Waals surface area contributed by atoms with Gasteiger partial charge in [0.25, 0.3) is 0 Å². The maximum absolute atomic E-state index is 5.87. The van der Waals surface area contributed by atoms with Crippen LogP contribution in [0.5, 0.6) is 0 Å². The summed E-state index contributed by atoms with van der Waals surface area (Å²) in [4.78, 5) is 0. The normalized spacial score (nSPS) is 11.0. The number of rotatable bonds is 9. The van der Waals surface area contributed by atoms with Crippen molar-refractivity contribution in [1.82, 2.24) is 25.5 Å². The number of hydrogen-bond donors (Lipinski definition) is 1. The molecule has 0 radical (unpaired) electrons. The SMILES string of the molecule is COCCNCCn1nnnc1SCc1ccc(Cl)cc1. The van der Waals surface area contributed by atoms with Crippen molar-refractivity contribution in [1.29, 1.82) is 0 Å². The van der Waals surface area contributed by atoms with Crippen molar-refractivity contribution >= 4 is 23.4 Å². The van der Waals surface area contributed by atoms with Crippen LogP contribution in [0.2, 0.25) is 5.02 Å². The molecule has 21 heavy (non-hydrogen) atoms. The number of halogens is 1. The van der Waals surface area contributed by atoms with Crippen LogP contribution in [0.4, 0.5) is 0 Å². The van der Waals surface area contributed by atoms with E-state index in [0.29, 0.717) is 6.61 Å². The summed E-state index contributed by atoms with van der Waals surface area (Å²) in [5.74, 6) is 0.814. The third-order valence-electron chi connectivity index (χ3n) is 2.76. The molecule has 1 aromatic carbocycles. The molecule has 0 fully saturated rings.